The fourth-order valence-electron chi connectivity index (χ4n) is 2.33. The van der Waals surface area contributed by atoms with Gasteiger partial charge in [0, 0.05) is 19.1 Å². The van der Waals surface area contributed by atoms with Gasteiger partial charge < -0.3 is 10.2 Å². The average Bonchev–Trinajstić information content (AvgIpc) is 2.76. The molecule has 0 amide bonds. The highest BCUT2D eigenvalue weighted by Gasteiger charge is 2.46. The first-order valence-electron chi connectivity index (χ1n) is 6.48. The van der Waals surface area contributed by atoms with Gasteiger partial charge in [-0.15, -0.1) is 0 Å². The van der Waals surface area contributed by atoms with Crippen LogP contribution in [0.1, 0.15) is 33.1 Å². The Bertz CT molecular complexity index is 456. The molecule has 2 heterocycles. The zero-order chi connectivity index (χ0) is 12.8. The van der Waals surface area contributed by atoms with Crippen molar-refractivity contribution in [3.8, 4) is 0 Å². The number of rotatable bonds is 3. The molecule has 2 fully saturated rings. The maximum Gasteiger partial charge on any atom is 0.231 e. The second-order valence-electron chi connectivity index (χ2n) is 5.81. The smallest absolute Gasteiger partial charge is 0.231 e. The summed E-state index contributed by atoms with van der Waals surface area (Å²) in [6, 6.07) is 0.447. The van der Waals surface area contributed by atoms with Crippen molar-refractivity contribution in [2.45, 2.75) is 39.2 Å². The van der Waals surface area contributed by atoms with Gasteiger partial charge in [-0.25, -0.2) is 0 Å². The molecule has 1 aliphatic carbocycles. The number of nitrogens with zero attached hydrogens (tertiary/aromatic N) is 4. The minimum absolute atomic E-state index is 0.271. The molecule has 6 heteroatoms. The Kier molecular flexibility index (Phi) is 2.81. The second kappa shape index (κ2) is 4.23. The van der Waals surface area contributed by atoms with Crippen LogP contribution in [0.3, 0.4) is 0 Å². The number of halogens is 1. The third-order valence-corrected chi connectivity index (χ3v) is 3.97. The summed E-state index contributed by atoms with van der Waals surface area (Å²) in [7, 11) is 0. The molecule has 2 aliphatic rings. The van der Waals surface area contributed by atoms with Crippen molar-refractivity contribution in [3.63, 3.8) is 0 Å². The first-order valence-corrected chi connectivity index (χ1v) is 6.85. The molecule has 1 saturated heterocycles. The molecule has 3 rings (SSSR count). The number of anilines is 2. The standard InChI is InChI=1S/C12H18ClN5/c1-12(2)7-8(12)14-10-15-9(13)16-11(17-10)18-5-3-4-6-18/h8H,3-7H2,1-2H3,(H,14,15,16,17). The van der Waals surface area contributed by atoms with E-state index in [0.29, 0.717) is 23.4 Å². The Labute approximate surface area is 112 Å². The molecule has 1 atom stereocenters. The topological polar surface area (TPSA) is 53.9 Å². The molecule has 0 spiro atoms. The minimum atomic E-state index is 0.271. The molecule has 1 aromatic rings. The second-order valence-corrected chi connectivity index (χ2v) is 6.15. The lowest BCUT2D eigenvalue weighted by Crippen LogP contribution is -2.22. The molecule has 5 nitrogen and oxygen atoms in total. The fraction of sp³-hybridized carbons (Fsp3) is 0.750. The first-order chi connectivity index (χ1) is 8.54. The molecule has 1 aromatic heterocycles. The van der Waals surface area contributed by atoms with Crippen LogP contribution in [0.15, 0.2) is 0 Å². The molecule has 1 N–H and O–H groups in total. The Morgan fingerprint density at radius 1 is 1.22 bits per heavy atom. The average molecular weight is 268 g/mol. The number of nitrogens with one attached hydrogen (secondary N) is 1. The van der Waals surface area contributed by atoms with Crippen molar-refractivity contribution < 1.29 is 0 Å². The summed E-state index contributed by atoms with van der Waals surface area (Å²) in [6.07, 6.45) is 3.54. The lowest BCUT2D eigenvalue weighted by Gasteiger charge is -2.16. The highest BCUT2D eigenvalue weighted by Crippen LogP contribution is 2.46. The van der Waals surface area contributed by atoms with Gasteiger partial charge in [-0.1, -0.05) is 13.8 Å². The van der Waals surface area contributed by atoms with Gasteiger partial charge in [-0.3, -0.25) is 0 Å². The molecule has 18 heavy (non-hydrogen) atoms. The summed E-state index contributed by atoms with van der Waals surface area (Å²) in [5.74, 6) is 1.31. The van der Waals surface area contributed by atoms with E-state index in [2.05, 4.69) is 39.0 Å². The Morgan fingerprint density at radius 2 is 1.89 bits per heavy atom. The van der Waals surface area contributed by atoms with Crippen molar-refractivity contribution in [3.05, 3.63) is 5.28 Å². The van der Waals surface area contributed by atoms with Crippen molar-refractivity contribution in [1.29, 1.82) is 0 Å². The predicted molar refractivity (Wildman–Crippen MR) is 72.1 cm³/mol. The van der Waals surface area contributed by atoms with Gasteiger partial charge in [0.15, 0.2) is 0 Å². The quantitative estimate of drug-likeness (QED) is 0.911. The summed E-state index contributed by atoms with van der Waals surface area (Å²) in [4.78, 5) is 15.0. The normalized spacial score (nSPS) is 25.3. The van der Waals surface area contributed by atoms with E-state index in [1.54, 1.807) is 0 Å². The largest absolute Gasteiger partial charge is 0.351 e. The van der Waals surface area contributed by atoms with Crippen LogP contribution in [0, 0.1) is 5.41 Å². The first kappa shape index (κ1) is 12.0. The molecule has 0 radical (unpaired) electrons. The van der Waals surface area contributed by atoms with Crippen LogP contribution in [0.4, 0.5) is 11.9 Å². The highest BCUT2D eigenvalue weighted by atomic mass is 35.5. The predicted octanol–water partition coefficient (Wildman–Crippen LogP) is 2.34. The summed E-state index contributed by atoms with van der Waals surface area (Å²) >= 11 is 5.97. The van der Waals surface area contributed by atoms with Gasteiger partial charge in [0.1, 0.15) is 0 Å². The van der Waals surface area contributed by atoms with Gasteiger partial charge in [0.25, 0.3) is 0 Å². The van der Waals surface area contributed by atoms with E-state index in [-0.39, 0.29) is 5.28 Å². The van der Waals surface area contributed by atoms with Crippen LogP contribution < -0.4 is 10.2 Å². The lowest BCUT2D eigenvalue weighted by molar-refractivity contribution is 0.628. The van der Waals surface area contributed by atoms with E-state index < -0.39 is 0 Å². The molecule has 1 saturated carbocycles. The number of aromatic nitrogens is 3. The molecular weight excluding hydrogens is 250 g/mol. The Balaban J connectivity index is 1.77. The van der Waals surface area contributed by atoms with Gasteiger partial charge >= 0.3 is 0 Å². The highest BCUT2D eigenvalue weighted by molar-refractivity contribution is 6.28. The van der Waals surface area contributed by atoms with Crippen molar-refractivity contribution in [1.82, 2.24) is 15.0 Å². The fourth-order valence-corrected chi connectivity index (χ4v) is 2.49. The summed E-state index contributed by atoms with van der Waals surface area (Å²) in [5, 5.41) is 3.61. The van der Waals surface area contributed by atoms with Gasteiger partial charge in [0.05, 0.1) is 0 Å². The van der Waals surface area contributed by atoms with Crippen LogP contribution in [0.25, 0.3) is 0 Å². The number of hydrogen-bond donors (Lipinski definition) is 1. The van der Waals surface area contributed by atoms with E-state index in [4.69, 9.17) is 11.6 Å². The monoisotopic (exact) mass is 267 g/mol. The number of hydrogen-bond acceptors (Lipinski definition) is 5. The van der Waals surface area contributed by atoms with E-state index in [1.165, 1.54) is 12.8 Å². The van der Waals surface area contributed by atoms with Gasteiger partial charge in [0.2, 0.25) is 17.2 Å². The SMILES string of the molecule is CC1(C)CC1Nc1nc(Cl)nc(N2CCCC2)n1. The van der Waals surface area contributed by atoms with Crippen molar-refractivity contribution >= 4 is 23.5 Å². The van der Waals surface area contributed by atoms with Gasteiger partial charge in [-0.05, 0) is 36.3 Å². The molecule has 1 unspecified atom stereocenters. The maximum absolute atomic E-state index is 5.97. The Hall–Kier alpha value is -1.10. The molecular formula is C12H18ClN5. The molecule has 98 valence electrons. The molecule has 1 aliphatic heterocycles. The van der Waals surface area contributed by atoms with E-state index in [0.717, 1.165) is 19.5 Å². The molecule has 0 aromatic carbocycles. The summed E-state index contributed by atoms with van der Waals surface area (Å²) < 4.78 is 0. The van der Waals surface area contributed by atoms with Gasteiger partial charge in [-0.2, -0.15) is 15.0 Å². The van der Waals surface area contributed by atoms with Crippen LogP contribution >= 0.6 is 11.6 Å². The summed E-state index contributed by atoms with van der Waals surface area (Å²) in [6.45, 7) is 6.48. The maximum atomic E-state index is 5.97. The van der Waals surface area contributed by atoms with E-state index in [1.807, 2.05) is 0 Å². The zero-order valence-electron chi connectivity index (χ0n) is 10.8. The van der Waals surface area contributed by atoms with E-state index in [9.17, 15) is 0 Å². The minimum Gasteiger partial charge on any atom is -0.351 e. The molecule has 0 bridgehead atoms. The lowest BCUT2D eigenvalue weighted by atomic mass is 10.2. The van der Waals surface area contributed by atoms with Crippen LogP contribution in [0.2, 0.25) is 5.28 Å². The summed E-state index contributed by atoms with van der Waals surface area (Å²) in [5.41, 5.74) is 0.340. The van der Waals surface area contributed by atoms with Crippen molar-refractivity contribution in [2.24, 2.45) is 5.41 Å². The third-order valence-electron chi connectivity index (χ3n) is 3.80. The zero-order valence-corrected chi connectivity index (χ0v) is 11.5. The van der Waals surface area contributed by atoms with Crippen LogP contribution in [0.5, 0.6) is 0 Å². The van der Waals surface area contributed by atoms with Crippen molar-refractivity contribution in [2.75, 3.05) is 23.3 Å². The van der Waals surface area contributed by atoms with Crippen LogP contribution in [-0.4, -0.2) is 34.1 Å². The van der Waals surface area contributed by atoms with Crippen LogP contribution in [-0.2, 0) is 0 Å². The van der Waals surface area contributed by atoms with E-state index >= 15 is 0 Å². The Morgan fingerprint density at radius 3 is 2.50 bits per heavy atom. The third kappa shape index (κ3) is 2.36.